The number of carbonyl (C=O) groups excluding carboxylic acids is 1. The van der Waals surface area contributed by atoms with Crippen molar-refractivity contribution in [3.05, 3.63) is 12.7 Å². The van der Waals surface area contributed by atoms with Gasteiger partial charge in [0.1, 0.15) is 12.7 Å². The molecule has 1 unspecified atom stereocenters. The SMILES string of the molecule is CN1CC(Nc2nc(N)nc(-n3cncn3)n2)CCC1=O. The zero-order valence-electron chi connectivity index (χ0n) is 11.5. The van der Waals surface area contributed by atoms with Crippen LogP contribution in [0.25, 0.3) is 5.95 Å². The topological polar surface area (TPSA) is 128 Å². The van der Waals surface area contributed by atoms with Crippen LogP contribution in [0, 0.1) is 0 Å². The number of likely N-dealkylation sites (tertiary alicyclic amines) is 1. The monoisotopic (exact) mass is 289 g/mol. The zero-order chi connectivity index (χ0) is 14.8. The van der Waals surface area contributed by atoms with Crippen LogP contribution >= 0.6 is 0 Å². The summed E-state index contributed by atoms with van der Waals surface area (Å²) in [6.45, 7) is 0.600. The van der Waals surface area contributed by atoms with Crippen LogP contribution in [0.1, 0.15) is 12.8 Å². The fourth-order valence-corrected chi connectivity index (χ4v) is 2.17. The first-order valence-corrected chi connectivity index (χ1v) is 6.49. The number of piperidine rings is 1. The maximum absolute atomic E-state index is 11.5. The van der Waals surface area contributed by atoms with Crippen molar-refractivity contribution in [2.24, 2.45) is 0 Å². The average Bonchev–Trinajstić information content (AvgIpc) is 2.96. The van der Waals surface area contributed by atoms with E-state index in [-0.39, 0.29) is 17.9 Å². The molecule has 1 saturated heterocycles. The van der Waals surface area contributed by atoms with Crippen LogP contribution in [0.15, 0.2) is 12.7 Å². The molecule has 0 aliphatic carbocycles. The first kappa shape index (κ1) is 13.2. The number of nitrogens with one attached hydrogen (secondary N) is 1. The Hall–Kier alpha value is -2.78. The summed E-state index contributed by atoms with van der Waals surface area (Å²) in [6.07, 6.45) is 4.10. The summed E-state index contributed by atoms with van der Waals surface area (Å²) in [6, 6.07) is 0.0816. The largest absolute Gasteiger partial charge is 0.368 e. The summed E-state index contributed by atoms with van der Waals surface area (Å²) < 4.78 is 1.40. The van der Waals surface area contributed by atoms with Crippen LogP contribution in [0.5, 0.6) is 0 Å². The molecule has 3 rings (SSSR count). The van der Waals surface area contributed by atoms with E-state index in [0.29, 0.717) is 24.9 Å². The highest BCUT2D eigenvalue weighted by molar-refractivity contribution is 5.76. The number of carbonyl (C=O) groups is 1. The van der Waals surface area contributed by atoms with Gasteiger partial charge in [-0.25, -0.2) is 4.98 Å². The Kier molecular flexibility index (Phi) is 3.34. The number of hydrogen-bond donors (Lipinski definition) is 2. The summed E-state index contributed by atoms with van der Waals surface area (Å²) >= 11 is 0. The molecular weight excluding hydrogens is 274 g/mol. The average molecular weight is 289 g/mol. The molecule has 0 radical (unpaired) electrons. The van der Waals surface area contributed by atoms with Crippen LogP contribution < -0.4 is 11.1 Å². The van der Waals surface area contributed by atoms with E-state index < -0.39 is 0 Å². The lowest BCUT2D eigenvalue weighted by Crippen LogP contribution is -2.43. The van der Waals surface area contributed by atoms with Crippen LogP contribution in [0.2, 0.25) is 0 Å². The van der Waals surface area contributed by atoms with E-state index in [4.69, 9.17) is 5.73 Å². The molecule has 1 fully saturated rings. The fraction of sp³-hybridized carbons (Fsp3) is 0.455. The summed E-state index contributed by atoms with van der Waals surface area (Å²) in [4.78, 5) is 29.3. The summed E-state index contributed by atoms with van der Waals surface area (Å²) in [7, 11) is 1.78. The second kappa shape index (κ2) is 5.31. The molecule has 110 valence electrons. The molecule has 0 aromatic carbocycles. The van der Waals surface area contributed by atoms with Gasteiger partial charge in [-0.1, -0.05) is 0 Å². The van der Waals surface area contributed by atoms with E-state index in [1.54, 1.807) is 11.9 Å². The highest BCUT2D eigenvalue weighted by Gasteiger charge is 2.23. The number of aromatic nitrogens is 6. The van der Waals surface area contributed by atoms with Gasteiger partial charge >= 0.3 is 0 Å². The first-order valence-electron chi connectivity index (χ1n) is 6.49. The fourth-order valence-electron chi connectivity index (χ4n) is 2.17. The molecule has 3 heterocycles. The number of nitrogens with zero attached hydrogens (tertiary/aromatic N) is 7. The van der Waals surface area contributed by atoms with E-state index in [1.807, 2.05) is 0 Å². The summed E-state index contributed by atoms with van der Waals surface area (Å²) in [5.74, 6) is 0.897. The van der Waals surface area contributed by atoms with E-state index in [2.05, 4.69) is 30.4 Å². The van der Waals surface area contributed by atoms with Gasteiger partial charge in [0.25, 0.3) is 5.95 Å². The molecule has 1 aliphatic rings. The molecule has 10 nitrogen and oxygen atoms in total. The van der Waals surface area contributed by atoms with Gasteiger partial charge in [0.15, 0.2) is 0 Å². The third kappa shape index (κ3) is 2.88. The lowest BCUT2D eigenvalue weighted by molar-refractivity contribution is -0.132. The Bertz CT molecular complexity index is 641. The molecule has 10 heteroatoms. The number of likely N-dealkylation sites (N-methyl/N-ethyl adjacent to an activating group) is 1. The van der Waals surface area contributed by atoms with E-state index in [9.17, 15) is 4.79 Å². The van der Waals surface area contributed by atoms with Gasteiger partial charge < -0.3 is 16.0 Å². The smallest absolute Gasteiger partial charge is 0.258 e. The van der Waals surface area contributed by atoms with Gasteiger partial charge in [0.05, 0.1) is 0 Å². The maximum atomic E-state index is 11.5. The van der Waals surface area contributed by atoms with Crippen molar-refractivity contribution in [3.8, 4) is 5.95 Å². The Morgan fingerprint density at radius 2 is 2.24 bits per heavy atom. The van der Waals surface area contributed by atoms with Crippen molar-refractivity contribution in [2.45, 2.75) is 18.9 Å². The van der Waals surface area contributed by atoms with Gasteiger partial charge in [-0.2, -0.15) is 24.7 Å². The van der Waals surface area contributed by atoms with Crippen molar-refractivity contribution in [1.29, 1.82) is 0 Å². The molecular formula is C11H15N9O. The van der Waals surface area contributed by atoms with E-state index in [1.165, 1.54) is 17.3 Å². The molecule has 2 aromatic rings. The van der Waals surface area contributed by atoms with Crippen LogP contribution in [-0.4, -0.2) is 60.2 Å². The Morgan fingerprint density at radius 3 is 2.95 bits per heavy atom. The predicted molar refractivity (Wildman–Crippen MR) is 73.4 cm³/mol. The first-order chi connectivity index (χ1) is 10.1. The number of rotatable bonds is 3. The number of nitrogen functional groups attached to an aromatic ring is 1. The lowest BCUT2D eigenvalue weighted by Gasteiger charge is -2.30. The third-order valence-electron chi connectivity index (χ3n) is 3.22. The summed E-state index contributed by atoms with van der Waals surface area (Å²) in [5, 5.41) is 7.13. The van der Waals surface area contributed by atoms with Crippen LogP contribution in [0.3, 0.4) is 0 Å². The van der Waals surface area contributed by atoms with E-state index in [0.717, 1.165) is 6.42 Å². The van der Waals surface area contributed by atoms with Gasteiger partial charge in [-0.05, 0) is 6.42 Å². The molecule has 1 amide bonds. The third-order valence-corrected chi connectivity index (χ3v) is 3.22. The van der Waals surface area contributed by atoms with Crippen LogP contribution in [-0.2, 0) is 4.79 Å². The normalized spacial score (nSPS) is 18.8. The van der Waals surface area contributed by atoms with Gasteiger partial charge in [0, 0.05) is 26.1 Å². The molecule has 0 spiro atoms. The molecule has 1 aliphatic heterocycles. The minimum atomic E-state index is 0.0816. The quantitative estimate of drug-likeness (QED) is 0.741. The molecule has 1 atom stereocenters. The number of anilines is 2. The minimum absolute atomic E-state index is 0.0816. The van der Waals surface area contributed by atoms with Crippen molar-refractivity contribution in [1.82, 2.24) is 34.6 Å². The molecule has 0 bridgehead atoms. The molecule has 2 aromatic heterocycles. The second-order valence-electron chi connectivity index (χ2n) is 4.81. The second-order valence-corrected chi connectivity index (χ2v) is 4.81. The highest BCUT2D eigenvalue weighted by Crippen LogP contribution is 2.14. The standard InChI is InChI=1S/C11H15N9O/c1-19-4-7(2-3-8(19)21)15-10-16-9(12)17-11(18-10)20-6-13-5-14-20/h5-7H,2-4H2,1H3,(H3,12,15,16,17,18). The van der Waals surface area contributed by atoms with Gasteiger partial charge in [-0.3, -0.25) is 4.79 Å². The Labute approximate surface area is 120 Å². The van der Waals surface area contributed by atoms with Crippen molar-refractivity contribution < 1.29 is 4.79 Å². The van der Waals surface area contributed by atoms with Crippen molar-refractivity contribution >= 4 is 17.8 Å². The maximum Gasteiger partial charge on any atom is 0.258 e. The number of nitrogens with two attached hydrogens (primary N) is 1. The predicted octanol–water partition coefficient (Wildman–Crippen LogP) is -0.933. The molecule has 3 N–H and O–H groups in total. The Morgan fingerprint density at radius 1 is 1.38 bits per heavy atom. The highest BCUT2D eigenvalue weighted by atomic mass is 16.2. The van der Waals surface area contributed by atoms with Gasteiger partial charge in [0.2, 0.25) is 17.8 Å². The molecule has 0 saturated carbocycles. The lowest BCUT2D eigenvalue weighted by atomic mass is 10.1. The number of amides is 1. The number of hydrogen-bond acceptors (Lipinski definition) is 8. The zero-order valence-corrected chi connectivity index (χ0v) is 11.5. The van der Waals surface area contributed by atoms with Crippen LogP contribution in [0.4, 0.5) is 11.9 Å². The van der Waals surface area contributed by atoms with E-state index >= 15 is 0 Å². The summed E-state index contributed by atoms with van der Waals surface area (Å²) in [5.41, 5.74) is 5.69. The molecule has 21 heavy (non-hydrogen) atoms. The van der Waals surface area contributed by atoms with Crippen molar-refractivity contribution in [2.75, 3.05) is 24.6 Å². The minimum Gasteiger partial charge on any atom is -0.368 e. The Balaban J connectivity index is 1.78. The van der Waals surface area contributed by atoms with Gasteiger partial charge in [-0.15, -0.1) is 0 Å². The van der Waals surface area contributed by atoms with Crippen molar-refractivity contribution in [3.63, 3.8) is 0 Å².